The zero-order valence-electron chi connectivity index (χ0n) is 7.40. The summed E-state index contributed by atoms with van der Waals surface area (Å²) in [6.07, 6.45) is 1.66. The lowest BCUT2D eigenvalue weighted by atomic mass is 10.3. The smallest absolute Gasteiger partial charge is 0.160 e. The minimum absolute atomic E-state index is 0.222. The SMILES string of the molecule is CC(CCO)Sc1ccc(C=O)s1. The number of aliphatic hydroxyl groups is 1. The molecule has 0 fully saturated rings. The van der Waals surface area contributed by atoms with Crippen LogP contribution in [0.4, 0.5) is 0 Å². The highest BCUT2D eigenvalue weighted by Crippen LogP contribution is 2.30. The molecule has 0 spiro atoms. The summed E-state index contributed by atoms with van der Waals surface area (Å²) in [6, 6.07) is 3.78. The zero-order chi connectivity index (χ0) is 9.68. The number of carbonyl (C=O) groups excluding carboxylic acids is 1. The summed E-state index contributed by atoms with van der Waals surface area (Å²) >= 11 is 3.20. The lowest BCUT2D eigenvalue weighted by Crippen LogP contribution is -1.97. The van der Waals surface area contributed by atoms with E-state index in [9.17, 15) is 4.79 Å². The molecular formula is C9H12O2S2. The van der Waals surface area contributed by atoms with Gasteiger partial charge in [0.2, 0.25) is 0 Å². The van der Waals surface area contributed by atoms with Crippen LogP contribution in [0.5, 0.6) is 0 Å². The summed E-state index contributed by atoms with van der Waals surface area (Å²) in [7, 11) is 0. The summed E-state index contributed by atoms with van der Waals surface area (Å²) in [5.74, 6) is 0. The maximum absolute atomic E-state index is 10.4. The first kappa shape index (κ1) is 10.8. The number of thiophene rings is 1. The van der Waals surface area contributed by atoms with Gasteiger partial charge >= 0.3 is 0 Å². The van der Waals surface area contributed by atoms with Crippen molar-refractivity contribution in [2.24, 2.45) is 0 Å². The Balaban J connectivity index is 2.48. The van der Waals surface area contributed by atoms with Crippen LogP contribution in [0.15, 0.2) is 16.3 Å². The number of carbonyl (C=O) groups is 1. The molecule has 13 heavy (non-hydrogen) atoms. The lowest BCUT2D eigenvalue weighted by Gasteiger charge is -2.05. The van der Waals surface area contributed by atoms with Crippen molar-refractivity contribution >= 4 is 29.4 Å². The van der Waals surface area contributed by atoms with Gasteiger partial charge in [-0.15, -0.1) is 23.1 Å². The van der Waals surface area contributed by atoms with Crippen molar-refractivity contribution in [3.63, 3.8) is 0 Å². The first-order valence-corrected chi connectivity index (χ1v) is 5.78. The predicted octanol–water partition coefficient (Wildman–Crippen LogP) is 2.42. The normalized spacial score (nSPS) is 12.8. The fourth-order valence-corrected chi connectivity index (χ4v) is 3.19. The van der Waals surface area contributed by atoms with E-state index in [4.69, 9.17) is 5.11 Å². The number of aldehydes is 1. The van der Waals surface area contributed by atoms with Gasteiger partial charge in [-0.3, -0.25) is 4.79 Å². The van der Waals surface area contributed by atoms with E-state index in [0.29, 0.717) is 5.25 Å². The maximum atomic E-state index is 10.4. The second kappa shape index (κ2) is 5.42. The quantitative estimate of drug-likeness (QED) is 0.606. The highest BCUT2D eigenvalue weighted by molar-refractivity contribution is 8.01. The van der Waals surface area contributed by atoms with Crippen molar-refractivity contribution in [3.8, 4) is 0 Å². The van der Waals surface area contributed by atoms with Crippen LogP contribution in [0.25, 0.3) is 0 Å². The Kier molecular flexibility index (Phi) is 4.48. The maximum Gasteiger partial charge on any atom is 0.160 e. The molecule has 1 aromatic heterocycles. The Morgan fingerprint density at radius 2 is 2.46 bits per heavy atom. The third kappa shape index (κ3) is 3.50. The standard InChI is InChI=1S/C9H12O2S2/c1-7(4-5-10)12-9-3-2-8(6-11)13-9/h2-3,6-7,10H,4-5H2,1H3. The fourth-order valence-electron chi connectivity index (χ4n) is 0.900. The molecule has 0 radical (unpaired) electrons. The first-order valence-electron chi connectivity index (χ1n) is 4.08. The van der Waals surface area contributed by atoms with Gasteiger partial charge in [0, 0.05) is 11.9 Å². The van der Waals surface area contributed by atoms with Crippen molar-refractivity contribution < 1.29 is 9.90 Å². The number of thioether (sulfide) groups is 1. The molecule has 0 saturated carbocycles. The monoisotopic (exact) mass is 216 g/mol. The van der Waals surface area contributed by atoms with E-state index in [1.807, 2.05) is 12.1 Å². The molecule has 1 N–H and O–H groups in total. The molecule has 0 aliphatic heterocycles. The third-order valence-electron chi connectivity index (χ3n) is 1.57. The second-order valence-corrected chi connectivity index (χ2v) is 5.57. The molecular weight excluding hydrogens is 204 g/mol. The van der Waals surface area contributed by atoms with Gasteiger partial charge in [0.25, 0.3) is 0 Å². The van der Waals surface area contributed by atoms with E-state index >= 15 is 0 Å². The van der Waals surface area contributed by atoms with E-state index < -0.39 is 0 Å². The number of hydrogen-bond donors (Lipinski definition) is 1. The molecule has 1 atom stereocenters. The summed E-state index contributed by atoms with van der Waals surface area (Å²) in [6.45, 7) is 2.29. The Morgan fingerprint density at radius 1 is 1.69 bits per heavy atom. The summed E-state index contributed by atoms with van der Waals surface area (Å²) < 4.78 is 1.14. The summed E-state index contributed by atoms with van der Waals surface area (Å²) in [5.41, 5.74) is 0. The lowest BCUT2D eigenvalue weighted by molar-refractivity contribution is 0.112. The van der Waals surface area contributed by atoms with Crippen LogP contribution in [0.3, 0.4) is 0 Å². The van der Waals surface area contributed by atoms with Gasteiger partial charge in [-0.1, -0.05) is 6.92 Å². The van der Waals surface area contributed by atoms with Gasteiger partial charge in [0.15, 0.2) is 6.29 Å². The Morgan fingerprint density at radius 3 is 3.00 bits per heavy atom. The first-order chi connectivity index (χ1) is 6.26. The van der Waals surface area contributed by atoms with Crippen molar-refractivity contribution in [2.45, 2.75) is 22.8 Å². The van der Waals surface area contributed by atoms with Crippen LogP contribution in [0, 0.1) is 0 Å². The van der Waals surface area contributed by atoms with Gasteiger partial charge in [0.05, 0.1) is 9.09 Å². The van der Waals surface area contributed by atoms with Crippen molar-refractivity contribution in [1.82, 2.24) is 0 Å². The van der Waals surface area contributed by atoms with Crippen molar-refractivity contribution in [3.05, 3.63) is 17.0 Å². The van der Waals surface area contributed by atoms with Crippen LogP contribution >= 0.6 is 23.1 Å². The van der Waals surface area contributed by atoms with Gasteiger partial charge in [-0.2, -0.15) is 0 Å². The van der Waals surface area contributed by atoms with E-state index in [2.05, 4.69) is 6.92 Å². The van der Waals surface area contributed by atoms with Crippen molar-refractivity contribution in [2.75, 3.05) is 6.61 Å². The van der Waals surface area contributed by atoms with Gasteiger partial charge in [0.1, 0.15) is 0 Å². The third-order valence-corrected chi connectivity index (χ3v) is 3.92. The van der Waals surface area contributed by atoms with Crippen LogP contribution in [0.1, 0.15) is 23.0 Å². The predicted molar refractivity (Wildman–Crippen MR) is 56.7 cm³/mol. The molecule has 0 bridgehead atoms. The molecule has 1 aromatic rings. The van der Waals surface area contributed by atoms with Crippen LogP contribution < -0.4 is 0 Å². The van der Waals surface area contributed by atoms with Crippen molar-refractivity contribution in [1.29, 1.82) is 0 Å². The van der Waals surface area contributed by atoms with Gasteiger partial charge in [-0.05, 0) is 18.6 Å². The van der Waals surface area contributed by atoms with E-state index in [0.717, 1.165) is 21.8 Å². The molecule has 0 saturated heterocycles. The number of aliphatic hydroxyl groups excluding tert-OH is 1. The van der Waals surface area contributed by atoms with Gasteiger partial charge < -0.3 is 5.11 Å². The highest BCUT2D eigenvalue weighted by Gasteiger charge is 2.05. The topological polar surface area (TPSA) is 37.3 Å². The van der Waals surface area contributed by atoms with Crippen LogP contribution in [-0.2, 0) is 0 Å². The average molecular weight is 216 g/mol. The molecule has 0 amide bonds. The van der Waals surface area contributed by atoms with Crippen LogP contribution in [0.2, 0.25) is 0 Å². The minimum atomic E-state index is 0.222. The molecule has 0 aliphatic carbocycles. The molecule has 1 heterocycles. The molecule has 1 unspecified atom stereocenters. The molecule has 72 valence electrons. The second-order valence-electron chi connectivity index (χ2n) is 2.72. The number of hydrogen-bond acceptors (Lipinski definition) is 4. The zero-order valence-corrected chi connectivity index (χ0v) is 9.03. The minimum Gasteiger partial charge on any atom is -0.396 e. The van der Waals surface area contributed by atoms with Gasteiger partial charge in [-0.25, -0.2) is 0 Å². The molecule has 2 nitrogen and oxygen atoms in total. The molecule has 0 aromatic carbocycles. The Bertz CT molecular complexity index is 270. The largest absolute Gasteiger partial charge is 0.396 e. The number of rotatable bonds is 5. The fraction of sp³-hybridized carbons (Fsp3) is 0.444. The molecule has 0 aliphatic rings. The molecule has 4 heteroatoms. The summed E-state index contributed by atoms with van der Waals surface area (Å²) in [5, 5.41) is 9.11. The molecule has 1 rings (SSSR count). The Hall–Kier alpha value is -0.320. The Labute approximate surface area is 86.0 Å². The van der Waals surface area contributed by atoms with E-state index in [1.54, 1.807) is 11.8 Å². The highest BCUT2D eigenvalue weighted by atomic mass is 32.2. The van der Waals surface area contributed by atoms with E-state index in [-0.39, 0.29) is 6.61 Å². The summed E-state index contributed by atoms with van der Waals surface area (Å²) in [4.78, 5) is 11.2. The average Bonchev–Trinajstić information content (AvgIpc) is 2.52. The van der Waals surface area contributed by atoms with Crippen LogP contribution in [-0.4, -0.2) is 23.2 Å². The van der Waals surface area contributed by atoms with E-state index in [1.165, 1.54) is 11.3 Å².